The monoisotopic (exact) mass is 250 g/mol. The predicted molar refractivity (Wildman–Crippen MR) is 66.0 cm³/mol. The van der Waals surface area contributed by atoms with Crippen molar-refractivity contribution >= 4 is 6.29 Å². The Morgan fingerprint density at radius 1 is 1.44 bits per heavy atom. The van der Waals surface area contributed by atoms with Crippen molar-refractivity contribution in [1.82, 2.24) is 0 Å². The van der Waals surface area contributed by atoms with Gasteiger partial charge in [-0.05, 0) is 12.0 Å². The second kappa shape index (κ2) is 6.09. The Bertz CT molecular complexity index is 379. The van der Waals surface area contributed by atoms with E-state index in [4.69, 9.17) is 14.2 Å². The highest BCUT2D eigenvalue weighted by atomic mass is 16.7. The van der Waals surface area contributed by atoms with Crippen LogP contribution in [0.1, 0.15) is 18.4 Å². The molecule has 18 heavy (non-hydrogen) atoms. The second-order valence-electron chi connectivity index (χ2n) is 4.48. The number of hydrogen-bond donors (Lipinski definition) is 0. The van der Waals surface area contributed by atoms with E-state index in [2.05, 4.69) is 0 Å². The maximum Gasteiger partial charge on any atom is 0.158 e. The smallest absolute Gasteiger partial charge is 0.158 e. The average Bonchev–Trinajstić information content (AvgIpc) is 2.84. The third-order valence-electron chi connectivity index (χ3n) is 3.10. The summed E-state index contributed by atoms with van der Waals surface area (Å²) in [6.07, 6.45) is 1.90. The minimum absolute atomic E-state index is 0.269. The summed E-state index contributed by atoms with van der Waals surface area (Å²) >= 11 is 0. The lowest BCUT2D eigenvalue weighted by Gasteiger charge is -2.22. The topological polar surface area (TPSA) is 44.8 Å². The van der Waals surface area contributed by atoms with Gasteiger partial charge in [0, 0.05) is 13.5 Å². The van der Waals surface area contributed by atoms with Gasteiger partial charge in [0.1, 0.15) is 5.60 Å². The van der Waals surface area contributed by atoms with Crippen molar-refractivity contribution in [1.29, 1.82) is 0 Å². The third kappa shape index (κ3) is 3.16. The van der Waals surface area contributed by atoms with E-state index in [1.54, 1.807) is 7.11 Å². The van der Waals surface area contributed by atoms with Gasteiger partial charge in [0.25, 0.3) is 0 Å². The number of hydrogen-bond acceptors (Lipinski definition) is 4. The maximum atomic E-state index is 11.2. The highest BCUT2D eigenvalue weighted by Gasteiger charge is 2.40. The number of ether oxygens (including phenoxy) is 3. The lowest BCUT2D eigenvalue weighted by molar-refractivity contribution is -0.175. The molecule has 0 unspecified atom stereocenters. The summed E-state index contributed by atoms with van der Waals surface area (Å²) in [5.41, 5.74) is 0.245. The zero-order valence-electron chi connectivity index (χ0n) is 10.5. The molecule has 0 radical (unpaired) electrons. The Morgan fingerprint density at radius 2 is 2.22 bits per heavy atom. The molecule has 1 aromatic carbocycles. The Kier molecular flexibility index (Phi) is 4.47. The van der Waals surface area contributed by atoms with Crippen molar-refractivity contribution in [2.75, 3.05) is 13.7 Å². The molecule has 98 valence electrons. The number of benzene rings is 1. The van der Waals surface area contributed by atoms with Crippen molar-refractivity contribution < 1.29 is 19.0 Å². The van der Waals surface area contributed by atoms with Crippen LogP contribution in [0.25, 0.3) is 0 Å². The van der Waals surface area contributed by atoms with Crippen molar-refractivity contribution in [3.8, 4) is 0 Å². The van der Waals surface area contributed by atoms with Crippen molar-refractivity contribution in [2.24, 2.45) is 0 Å². The first-order valence-electron chi connectivity index (χ1n) is 6.07. The van der Waals surface area contributed by atoms with Gasteiger partial charge in [-0.2, -0.15) is 0 Å². The Hall–Kier alpha value is -1.23. The standard InChI is InChI=1S/C14H18O4/c1-16-13-7-8-14(10-15,18-13)11-17-9-12-5-3-2-4-6-12/h2-6,10,13H,7-9,11H2,1H3/t13-,14-/m1/s1. The summed E-state index contributed by atoms with van der Waals surface area (Å²) in [5.74, 6) is 0. The number of aldehydes is 1. The van der Waals surface area contributed by atoms with E-state index in [1.165, 1.54) is 0 Å². The Morgan fingerprint density at radius 3 is 2.83 bits per heavy atom. The van der Waals surface area contributed by atoms with E-state index in [1.807, 2.05) is 30.3 Å². The van der Waals surface area contributed by atoms with Crippen LogP contribution < -0.4 is 0 Å². The van der Waals surface area contributed by atoms with E-state index in [0.717, 1.165) is 18.3 Å². The van der Waals surface area contributed by atoms with Gasteiger partial charge in [0.2, 0.25) is 0 Å². The van der Waals surface area contributed by atoms with Gasteiger partial charge in [-0.15, -0.1) is 0 Å². The summed E-state index contributed by atoms with van der Waals surface area (Å²) in [6, 6.07) is 9.85. The van der Waals surface area contributed by atoms with Gasteiger partial charge in [0.15, 0.2) is 12.6 Å². The van der Waals surface area contributed by atoms with Crippen LogP contribution in [0.5, 0.6) is 0 Å². The van der Waals surface area contributed by atoms with E-state index in [-0.39, 0.29) is 12.9 Å². The van der Waals surface area contributed by atoms with Crippen molar-refractivity contribution in [2.45, 2.75) is 31.3 Å². The number of rotatable bonds is 6. The molecule has 0 N–H and O–H groups in total. The lowest BCUT2D eigenvalue weighted by Crippen LogP contribution is -2.37. The molecule has 0 bridgehead atoms. The van der Waals surface area contributed by atoms with Crippen LogP contribution in [-0.4, -0.2) is 31.9 Å². The van der Waals surface area contributed by atoms with Crippen LogP contribution in [0.2, 0.25) is 0 Å². The molecular weight excluding hydrogens is 232 g/mol. The molecule has 0 saturated carbocycles. The maximum absolute atomic E-state index is 11.2. The van der Waals surface area contributed by atoms with Gasteiger partial charge in [-0.1, -0.05) is 30.3 Å². The molecule has 1 aliphatic heterocycles. The van der Waals surface area contributed by atoms with E-state index in [9.17, 15) is 4.79 Å². The highest BCUT2D eigenvalue weighted by molar-refractivity contribution is 5.63. The molecule has 2 atom stereocenters. The van der Waals surface area contributed by atoms with Gasteiger partial charge < -0.3 is 19.0 Å². The van der Waals surface area contributed by atoms with Gasteiger partial charge in [-0.3, -0.25) is 0 Å². The summed E-state index contributed by atoms with van der Waals surface area (Å²) in [7, 11) is 1.58. The lowest BCUT2D eigenvalue weighted by atomic mass is 10.0. The molecule has 0 aromatic heterocycles. The molecule has 4 nitrogen and oxygen atoms in total. The highest BCUT2D eigenvalue weighted by Crippen LogP contribution is 2.29. The van der Waals surface area contributed by atoms with Crippen LogP contribution in [-0.2, 0) is 25.6 Å². The minimum Gasteiger partial charge on any atom is -0.373 e. The van der Waals surface area contributed by atoms with Crippen molar-refractivity contribution in [3.05, 3.63) is 35.9 Å². The van der Waals surface area contributed by atoms with Crippen LogP contribution in [0.4, 0.5) is 0 Å². The van der Waals surface area contributed by atoms with Crippen LogP contribution in [0.3, 0.4) is 0 Å². The number of methoxy groups -OCH3 is 1. The summed E-state index contributed by atoms with van der Waals surface area (Å²) in [5, 5.41) is 0. The molecule has 1 aliphatic rings. The molecule has 4 heteroatoms. The van der Waals surface area contributed by atoms with Gasteiger partial charge in [0.05, 0.1) is 13.2 Å². The fourth-order valence-corrected chi connectivity index (χ4v) is 2.05. The quantitative estimate of drug-likeness (QED) is 0.724. The van der Waals surface area contributed by atoms with Gasteiger partial charge in [-0.25, -0.2) is 0 Å². The first kappa shape index (κ1) is 13.2. The number of carbonyl (C=O) groups is 1. The zero-order valence-corrected chi connectivity index (χ0v) is 10.5. The molecule has 0 spiro atoms. The molecule has 1 heterocycles. The Labute approximate surface area is 107 Å². The fraction of sp³-hybridized carbons (Fsp3) is 0.500. The zero-order chi connectivity index (χ0) is 12.8. The largest absolute Gasteiger partial charge is 0.373 e. The summed E-state index contributed by atoms with van der Waals surface area (Å²) in [6.45, 7) is 0.753. The first-order chi connectivity index (χ1) is 8.78. The summed E-state index contributed by atoms with van der Waals surface area (Å²) in [4.78, 5) is 11.2. The minimum atomic E-state index is -0.838. The van der Waals surface area contributed by atoms with Crippen LogP contribution in [0, 0.1) is 0 Å². The second-order valence-corrected chi connectivity index (χ2v) is 4.48. The van der Waals surface area contributed by atoms with Crippen LogP contribution in [0.15, 0.2) is 30.3 Å². The Balaban J connectivity index is 1.83. The normalized spacial score (nSPS) is 27.3. The molecule has 1 saturated heterocycles. The van der Waals surface area contributed by atoms with Crippen LogP contribution >= 0.6 is 0 Å². The first-order valence-corrected chi connectivity index (χ1v) is 6.07. The van der Waals surface area contributed by atoms with Crippen molar-refractivity contribution in [3.63, 3.8) is 0 Å². The van der Waals surface area contributed by atoms with E-state index in [0.29, 0.717) is 13.0 Å². The average molecular weight is 250 g/mol. The van der Waals surface area contributed by atoms with E-state index >= 15 is 0 Å². The van der Waals surface area contributed by atoms with E-state index < -0.39 is 5.60 Å². The number of carbonyl (C=O) groups excluding carboxylic acids is 1. The molecule has 1 fully saturated rings. The molecule has 0 aliphatic carbocycles. The third-order valence-corrected chi connectivity index (χ3v) is 3.10. The molecule has 0 amide bonds. The SMILES string of the molecule is CO[C@H]1CC[C@@](C=O)(COCc2ccccc2)O1. The predicted octanol–water partition coefficient (Wildman–Crippen LogP) is 1.92. The molecular formula is C14H18O4. The molecule has 1 aromatic rings. The summed E-state index contributed by atoms with van der Waals surface area (Å²) < 4.78 is 16.2. The molecule has 2 rings (SSSR count). The van der Waals surface area contributed by atoms with Gasteiger partial charge >= 0.3 is 0 Å². The fourth-order valence-electron chi connectivity index (χ4n) is 2.05.